The van der Waals surface area contributed by atoms with E-state index in [2.05, 4.69) is 15.3 Å². The molecular formula is C15H15ClN4O3. The number of aromatic nitrogens is 2. The number of H-pyrrole nitrogens is 1. The highest BCUT2D eigenvalue weighted by atomic mass is 35.5. The normalized spacial score (nSPS) is 13.0. The lowest BCUT2D eigenvalue weighted by Crippen LogP contribution is -2.22. The van der Waals surface area contributed by atoms with Gasteiger partial charge in [0.05, 0.1) is 5.69 Å². The van der Waals surface area contributed by atoms with E-state index in [-0.39, 0.29) is 11.7 Å². The minimum atomic E-state index is -0.955. The SMILES string of the molecule is CCc1[nH]c(C(=O)Nc2ccc3c(c2)CN(C(=O)O)C3)nc1Cl. The van der Waals surface area contributed by atoms with Gasteiger partial charge in [-0.15, -0.1) is 0 Å². The van der Waals surface area contributed by atoms with E-state index in [4.69, 9.17) is 16.7 Å². The minimum Gasteiger partial charge on any atom is -0.465 e. The van der Waals surface area contributed by atoms with Gasteiger partial charge in [0.1, 0.15) is 0 Å². The second kappa shape index (κ2) is 5.92. The van der Waals surface area contributed by atoms with Crippen LogP contribution in [0.5, 0.6) is 0 Å². The first-order chi connectivity index (χ1) is 11.0. The van der Waals surface area contributed by atoms with Gasteiger partial charge in [-0.3, -0.25) is 9.69 Å². The number of halogens is 1. The molecule has 7 nitrogen and oxygen atoms in total. The third kappa shape index (κ3) is 3.00. The molecule has 0 bridgehead atoms. The van der Waals surface area contributed by atoms with Gasteiger partial charge in [0, 0.05) is 18.8 Å². The first kappa shape index (κ1) is 15.4. The van der Waals surface area contributed by atoms with Crippen molar-refractivity contribution < 1.29 is 14.7 Å². The molecule has 2 amide bonds. The van der Waals surface area contributed by atoms with Crippen molar-refractivity contribution in [1.29, 1.82) is 0 Å². The van der Waals surface area contributed by atoms with Crippen molar-refractivity contribution in [2.45, 2.75) is 26.4 Å². The van der Waals surface area contributed by atoms with Crippen LogP contribution in [-0.4, -0.2) is 32.0 Å². The molecule has 0 fully saturated rings. The number of carbonyl (C=O) groups excluding carboxylic acids is 1. The molecule has 1 aromatic carbocycles. The van der Waals surface area contributed by atoms with Crippen LogP contribution in [0.15, 0.2) is 18.2 Å². The maximum absolute atomic E-state index is 12.2. The highest BCUT2D eigenvalue weighted by Gasteiger charge is 2.23. The van der Waals surface area contributed by atoms with E-state index in [9.17, 15) is 9.59 Å². The Balaban J connectivity index is 1.75. The lowest BCUT2D eigenvalue weighted by atomic mass is 10.1. The van der Waals surface area contributed by atoms with Gasteiger partial charge in [-0.2, -0.15) is 0 Å². The molecule has 0 aliphatic carbocycles. The summed E-state index contributed by atoms with van der Waals surface area (Å²) in [5, 5.41) is 12.1. The standard InChI is InChI=1S/C15H15ClN4O3/c1-2-11-12(16)19-13(18-11)14(21)17-10-4-3-8-6-20(15(22)23)7-9(8)5-10/h3-5H,2,6-7H2,1H3,(H,17,21)(H,18,19)(H,22,23). The summed E-state index contributed by atoms with van der Waals surface area (Å²) in [6.07, 6.45) is -0.299. The molecule has 3 N–H and O–H groups in total. The summed E-state index contributed by atoms with van der Waals surface area (Å²) in [7, 11) is 0. The second-order valence-corrected chi connectivity index (χ2v) is 5.64. The molecule has 1 aliphatic heterocycles. The molecule has 0 atom stereocenters. The van der Waals surface area contributed by atoms with E-state index in [0.717, 1.165) is 11.1 Å². The predicted molar refractivity (Wildman–Crippen MR) is 84.6 cm³/mol. The van der Waals surface area contributed by atoms with Gasteiger partial charge in [0.2, 0.25) is 0 Å². The number of nitrogens with zero attached hydrogens (tertiary/aromatic N) is 2. The predicted octanol–water partition coefficient (Wildman–Crippen LogP) is 2.87. The Kier molecular flexibility index (Phi) is 3.96. The summed E-state index contributed by atoms with van der Waals surface area (Å²) < 4.78 is 0. The molecule has 0 spiro atoms. The van der Waals surface area contributed by atoms with Crippen molar-refractivity contribution in [3.63, 3.8) is 0 Å². The van der Waals surface area contributed by atoms with Gasteiger partial charge in [0.15, 0.2) is 11.0 Å². The number of aryl methyl sites for hydroxylation is 1. The smallest absolute Gasteiger partial charge is 0.407 e. The van der Waals surface area contributed by atoms with Crippen molar-refractivity contribution >= 4 is 29.3 Å². The zero-order valence-corrected chi connectivity index (χ0v) is 13.1. The van der Waals surface area contributed by atoms with Crippen LogP contribution in [0.25, 0.3) is 0 Å². The summed E-state index contributed by atoms with van der Waals surface area (Å²) in [6, 6.07) is 5.34. The fraction of sp³-hybridized carbons (Fsp3) is 0.267. The molecular weight excluding hydrogens is 320 g/mol. The van der Waals surface area contributed by atoms with E-state index in [1.165, 1.54) is 4.90 Å². The Bertz CT molecular complexity index is 787. The average molecular weight is 335 g/mol. The summed E-state index contributed by atoms with van der Waals surface area (Å²) in [5.41, 5.74) is 3.13. The number of hydrogen-bond donors (Lipinski definition) is 3. The molecule has 0 unspecified atom stereocenters. The number of hydrogen-bond acceptors (Lipinski definition) is 3. The molecule has 1 aliphatic rings. The van der Waals surface area contributed by atoms with Crippen molar-refractivity contribution in [1.82, 2.24) is 14.9 Å². The van der Waals surface area contributed by atoms with E-state index >= 15 is 0 Å². The van der Waals surface area contributed by atoms with Gasteiger partial charge in [-0.25, -0.2) is 9.78 Å². The number of anilines is 1. The Hall–Kier alpha value is -2.54. The van der Waals surface area contributed by atoms with Crippen molar-refractivity contribution in [2.75, 3.05) is 5.32 Å². The van der Waals surface area contributed by atoms with Crippen molar-refractivity contribution in [3.8, 4) is 0 Å². The van der Waals surface area contributed by atoms with E-state index in [0.29, 0.717) is 36.0 Å². The molecule has 0 saturated carbocycles. The molecule has 23 heavy (non-hydrogen) atoms. The Morgan fingerprint density at radius 3 is 2.78 bits per heavy atom. The number of aromatic amines is 1. The molecule has 0 radical (unpaired) electrons. The number of fused-ring (bicyclic) bond motifs is 1. The molecule has 120 valence electrons. The van der Waals surface area contributed by atoms with Gasteiger partial charge < -0.3 is 15.4 Å². The first-order valence-corrected chi connectivity index (χ1v) is 7.51. The number of nitrogens with one attached hydrogen (secondary N) is 2. The van der Waals surface area contributed by atoms with Crippen LogP contribution >= 0.6 is 11.6 Å². The lowest BCUT2D eigenvalue weighted by Gasteiger charge is -2.08. The largest absolute Gasteiger partial charge is 0.465 e. The topological polar surface area (TPSA) is 98.3 Å². The number of rotatable bonds is 3. The van der Waals surface area contributed by atoms with Crippen LogP contribution in [0.3, 0.4) is 0 Å². The summed E-state index contributed by atoms with van der Waals surface area (Å²) >= 11 is 5.93. The summed E-state index contributed by atoms with van der Waals surface area (Å²) in [6.45, 7) is 2.60. The lowest BCUT2D eigenvalue weighted by molar-refractivity contribution is 0.101. The molecule has 8 heteroatoms. The Morgan fingerprint density at radius 2 is 2.13 bits per heavy atom. The van der Waals surface area contributed by atoms with E-state index < -0.39 is 6.09 Å². The third-order valence-electron chi connectivity index (χ3n) is 3.75. The number of benzene rings is 1. The zero-order valence-electron chi connectivity index (χ0n) is 12.4. The van der Waals surface area contributed by atoms with Crippen LogP contribution in [0.2, 0.25) is 5.15 Å². The van der Waals surface area contributed by atoms with Crippen LogP contribution in [-0.2, 0) is 19.5 Å². The molecule has 0 saturated heterocycles. The van der Waals surface area contributed by atoms with Crippen LogP contribution in [0, 0.1) is 0 Å². The highest BCUT2D eigenvalue weighted by molar-refractivity contribution is 6.30. The second-order valence-electron chi connectivity index (χ2n) is 5.28. The average Bonchev–Trinajstić information content (AvgIpc) is 3.10. The number of amides is 2. The molecule has 3 rings (SSSR count). The monoisotopic (exact) mass is 334 g/mol. The van der Waals surface area contributed by atoms with E-state index in [1.807, 2.05) is 13.0 Å². The molecule has 2 aromatic rings. The fourth-order valence-electron chi connectivity index (χ4n) is 2.53. The fourth-order valence-corrected chi connectivity index (χ4v) is 2.79. The van der Waals surface area contributed by atoms with Crippen LogP contribution in [0.1, 0.15) is 34.4 Å². The van der Waals surface area contributed by atoms with Crippen molar-refractivity contribution in [2.24, 2.45) is 0 Å². The zero-order chi connectivity index (χ0) is 16.6. The summed E-state index contributed by atoms with van der Waals surface area (Å²) in [4.78, 5) is 31.4. The first-order valence-electron chi connectivity index (χ1n) is 7.13. The van der Waals surface area contributed by atoms with Crippen molar-refractivity contribution in [3.05, 3.63) is 46.0 Å². The van der Waals surface area contributed by atoms with Gasteiger partial charge in [-0.1, -0.05) is 24.6 Å². The quantitative estimate of drug-likeness (QED) is 0.803. The Morgan fingerprint density at radius 1 is 1.39 bits per heavy atom. The summed E-state index contributed by atoms with van der Waals surface area (Å²) in [5.74, 6) is -0.237. The van der Waals surface area contributed by atoms with E-state index in [1.54, 1.807) is 12.1 Å². The van der Waals surface area contributed by atoms with Crippen LogP contribution in [0.4, 0.5) is 10.5 Å². The van der Waals surface area contributed by atoms with Gasteiger partial charge >= 0.3 is 6.09 Å². The Labute approximate surface area is 137 Å². The highest BCUT2D eigenvalue weighted by Crippen LogP contribution is 2.26. The maximum atomic E-state index is 12.2. The number of carbonyl (C=O) groups is 2. The maximum Gasteiger partial charge on any atom is 0.407 e. The van der Waals surface area contributed by atoms with Gasteiger partial charge in [0.25, 0.3) is 5.91 Å². The molecule has 2 heterocycles. The molecule has 1 aromatic heterocycles. The number of carboxylic acid groups (broad SMARTS) is 1. The number of imidazole rings is 1. The minimum absolute atomic E-state index is 0.152. The third-order valence-corrected chi connectivity index (χ3v) is 4.07. The van der Waals surface area contributed by atoms with Crippen LogP contribution < -0.4 is 5.32 Å². The van der Waals surface area contributed by atoms with Gasteiger partial charge in [-0.05, 0) is 29.7 Å².